The first-order valence-electron chi connectivity index (χ1n) is 6.11. The molecule has 0 aliphatic carbocycles. The number of anilines is 1. The predicted molar refractivity (Wildman–Crippen MR) is 77.4 cm³/mol. The standard InChI is InChI=1S/C13H14F2N4S/c14-10-3-1-4-11(15)12(10)18-13(20)17-5-2-7-19-8-6-16-9-19/h1,3-4,6,8-9H,2,5,7H2,(H2,17,18,20). The molecule has 7 heteroatoms. The normalized spacial score (nSPS) is 10.3. The molecule has 0 amide bonds. The molecule has 4 nitrogen and oxygen atoms in total. The zero-order chi connectivity index (χ0) is 14.4. The van der Waals surface area contributed by atoms with Crippen molar-refractivity contribution in [3.05, 3.63) is 48.6 Å². The lowest BCUT2D eigenvalue weighted by molar-refractivity contribution is 0.590. The molecule has 0 fully saturated rings. The maximum absolute atomic E-state index is 13.4. The maximum atomic E-state index is 13.4. The third kappa shape index (κ3) is 3.99. The largest absolute Gasteiger partial charge is 0.362 e. The van der Waals surface area contributed by atoms with Gasteiger partial charge in [0.15, 0.2) is 5.11 Å². The highest BCUT2D eigenvalue weighted by atomic mass is 32.1. The van der Waals surface area contributed by atoms with E-state index in [4.69, 9.17) is 12.2 Å². The SMILES string of the molecule is Fc1cccc(F)c1NC(=S)NCCCn1ccnc1. The molecule has 1 aromatic heterocycles. The predicted octanol–water partition coefficient (Wildman–Crippen LogP) is 2.54. The summed E-state index contributed by atoms with van der Waals surface area (Å²) in [6.07, 6.45) is 6.12. The Kier molecular flexibility index (Phi) is 5.00. The highest BCUT2D eigenvalue weighted by molar-refractivity contribution is 7.80. The number of benzene rings is 1. The minimum absolute atomic E-state index is 0.194. The Morgan fingerprint density at radius 3 is 2.70 bits per heavy atom. The summed E-state index contributed by atoms with van der Waals surface area (Å²) in [7, 11) is 0. The molecule has 0 aliphatic rings. The molecule has 1 aromatic carbocycles. The van der Waals surface area contributed by atoms with E-state index in [1.54, 1.807) is 12.5 Å². The number of aromatic nitrogens is 2. The number of para-hydroxylation sites is 1. The van der Waals surface area contributed by atoms with Crippen LogP contribution in [0.2, 0.25) is 0 Å². The van der Waals surface area contributed by atoms with Crippen molar-refractivity contribution >= 4 is 23.0 Å². The molecule has 1 heterocycles. The molecule has 0 atom stereocenters. The van der Waals surface area contributed by atoms with Gasteiger partial charge >= 0.3 is 0 Å². The molecular weight excluding hydrogens is 282 g/mol. The van der Waals surface area contributed by atoms with E-state index in [9.17, 15) is 8.78 Å². The second kappa shape index (κ2) is 6.95. The summed E-state index contributed by atoms with van der Waals surface area (Å²) in [5.74, 6) is -1.35. The van der Waals surface area contributed by atoms with Gasteiger partial charge in [0.1, 0.15) is 17.3 Å². The zero-order valence-electron chi connectivity index (χ0n) is 10.6. The Bertz CT molecular complexity index is 552. The van der Waals surface area contributed by atoms with E-state index in [0.29, 0.717) is 6.54 Å². The van der Waals surface area contributed by atoms with E-state index in [1.165, 1.54) is 18.2 Å². The molecule has 2 aromatic rings. The number of nitrogens with zero attached hydrogens (tertiary/aromatic N) is 2. The molecule has 0 radical (unpaired) electrons. The molecule has 2 rings (SSSR count). The van der Waals surface area contributed by atoms with Crippen LogP contribution in [0.3, 0.4) is 0 Å². The van der Waals surface area contributed by atoms with Gasteiger partial charge in [-0.1, -0.05) is 6.07 Å². The first kappa shape index (κ1) is 14.4. The molecule has 20 heavy (non-hydrogen) atoms. The second-order valence-electron chi connectivity index (χ2n) is 4.13. The smallest absolute Gasteiger partial charge is 0.170 e. The highest BCUT2D eigenvalue weighted by Crippen LogP contribution is 2.17. The molecule has 0 bridgehead atoms. The van der Waals surface area contributed by atoms with Gasteiger partial charge < -0.3 is 15.2 Å². The van der Waals surface area contributed by atoms with E-state index >= 15 is 0 Å². The third-order valence-electron chi connectivity index (χ3n) is 2.64. The minimum Gasteiger partial charge on any atom is -0.362 e. The van der Waals surface area contributed by atoms with Crippen molar-refractivity contribution in [2.24, 2.45) is 0 Å². The average Bonchev–Trinajstić information content (AvgIpc) is 2.92. The van der Waals surface area contributed by atoms with E-state index in [1.807, 2.05) is 10.8 Å². The van der Waals surface area contributed by atoms with Crippen molar-refractivity contribution in [1.82, 2.24) is 14.9 Å². The number of hydrogen-bond donors (Lipinski definition) is 2. The van der Waals surface area contributed by atoms with Crippen molar-refractivity contribution < 1.29 is 8.78 Å². The zero-order valence-corrected chi connectivity index (χ0v) is 11.5. The number of rotatable bonds is 5. The second-order valence-corrected chi connectivity index (χ2v) is 4.54. The lowest BCUT2D eigenvalue weighted by atomic mass is 10.3. The molecular formula is C13H14F2N4S. The van der Waals surface area contributed by atoms with Crippen molar-refractivity contribution in [3.63, 3.8) is 0 Å². The number of imidazole rings is 1. The summed E-state index contributed by atoms with van der Waals surface area (Å²) < 4.78 is 28.7. The van der Waals surface area contributed by atoms with Gasteiger partial charge in [0.25, 0.3) is 0 Å². The third-order valence-corrected chi connectivity index (χ3v) is 2.89. The summed E-state index contributed by atoms with van der Waals surface area (Å²) in [6.45, 7) is 1.39. The van der Waals surface area contributed by atoms with Crippen LogP contribution in [0.5, 0.6) is 0 Å². The van der Waals surface area contributed by atoms with Crippen molar-refractivity contribution in [2.45, 2.75) is 13.0 Å². The summed E-state index contributed by atoms with van der Waals surface area (Å²) in [6, 6.07) is 3.65. The van der Waals surface area contributed by atoms with Crippen molar-refractivity contribution in [1.29, 1.82) is 0 Å². The lowest BCUT2D eigenvalue weighted by Crippen LogP contribution is -2.30. The van der Waals surface area contributed by atoms with E-state index < -0.39 is 11.6 Å². The Morgan fingerprint density at radius 2 is 2.05 bits per heavy atom. The van der Waals surface area contributed by atoms with Crippen molar-refractivity contribution in [2.75, 3.05) is 11.9 Å². The molecule has 2 N–H and O–H groups in total. The van der Waals surface area contributed by atoms with Gasteiger partial charge in [-0.25, -0.2) is 13.8 Å². The van der Waals surface area contributed by atoms with Gasteiger partial charge in [-0.15, -0.1) is 0 Å². The van der Waals surface area contributed by atoms with Crippen LogP contribution in [-0.2, 0) is 6.54 Å². The number of aryl methyl sites for hydroxylation is 1. The fraction of sp³-hybridized carbons (Fsp3) is 0.231. The van der Waals surface area contributed by atoms with Crippen molar-refractivity contribution in [3.8, 4) is 0 Å². The van der Waals surface area contributed by atoms with Gasteiger partial charge in [-0.3, -0.25) is 0 Å². The Labute approximate surface area is 120 Å². The average molecular weight is 296 g/mol. The minimum atomic E-state index is -0.674. The number of thiocarbonyl (C=S) groups is 1. The van der Waals surface area contributed by atoms with Gasteiger partial charge in [-0.05, 0) is 30.8 Å². The van der Waals surface area contributed by atoms with E-state index in [2.05, 4.69) is 15.6 Å². The number of nitrogens with one attached hydrogen (secondary N) is 2. The van der Waals surface area contributed by atoms with Crippen LogP contribution in [0.1, 0.15) is 6.42 Å². The summed E-state index contributed by atoms with van der Waals surface area (Å²) in [4.78, 5) is 3.93. The van der Waals surface area contributed by atoms with Crippen LogP contribution < -0.4 is 10.6 Å². The topological polar surface area (TPSA) is 41.9 Å². The van der Waals surface area contributed by atoms with E-state index in [0.717, 1.165) is 13.0 Å². The number of hydrogen-bond acceptors (Lipinski definition) is 2. The Balaban J connectivity index is 1.75. The molecule has 0 saturated carbocycles. The summed E-state index contributed by atoms with van der Waals surface area (Å²) in [5, 5.41) is 5.62. The fourth-order valence-corrected chi connectivity index (χ4v) is 1.86. The summed E-state index contributed by atoms with van der Waals surface area (Å²) >= 11 is 4.99. The summed E-state index contributed by atoms with van der Waals surface area (Å²) in [5.41, 5.74) is -0.236. The lowest BCUT2D eigenvalue weighted by Gasteiger charge is -2.11. The van der Waals surface area contributed by atoms with Gasteiger partial charge in [0, 0.05) is 25.5 Å². The van der Waals surface area contributed by atoms with Crippen LogP contribution in [0, 0.1) is 11.6 Å². The Morgan fingerprint density at radius 1 is 1.30 bits per heavy atom. The molecule has 0 spiro atoms. The molecule has 0 saturated heterocycles. The quantitative estimate of drug-likeness (QED) is 0.657. The molecule has 106 valence electrons. The van der Waals surface area contributed by atoms with Crippen LogP contribution >= 0.6 is 12.2 Å². The number of halogens is 2. The van der Waals surface area contributed by atoms with Crippen LogP contribution in [0.4, 0.5) is 14.5 Å². The highest BCUT2D eigenvalue weighted by Gasteiger charge is 2.09. The molecule has 0 aliphatic heterocycles. The van der Waals surface area contributed by atoms with Crippen LogP contribution in [-0.4, -0.2) is 21.2 Å². The van der Waals surface area contributed by atoms with Gasteiger partial charge in [-0.2, -0.15) is 0 Å². The maximum Gasteiger partial charge on any atom is 0.170 e. The first-order chi connectivity index (χ1) is 9.66. The van der Waals surface area contributed by atoms with E-state index in [-0.39, 0.29) is 10.8 Å². The van der Waals surface area contributed by atoms with Crippen LogP contribution in [0.15, 0.2) is 36.9 Å². The van der Waals surface area contributed by atoms with Gasteiger partial charge in [0.2, 0.25) is 0 Å². The van der Waals surface area contributed by atoms with Crippen LogP contribution in [0.25, 0.3) is 0 Å². The first-order valence-corrected chi connectivity index (χ1v) is 6.52. The fourth-order valence-electron chi connectivity index (χ4n) is 1.66. The van der Waals surface area contributed by atoms with Gasteiger partial charge in [0.05, 0.1) is 6.33 Å². The molecule has 0 unspecified atom stereocenters. The Hall–Kier alpha value is -2.02. The monoisotopic (exact) mass is 296 g/mol.